The third-order valence-electron chi connectivity index (χ3n) is 5.47. The molecule has 1 aliphatic heterocycles. The zero-order chi connectivity index (χ0) is 19.3. The average molecular weight is 397 g/mol. The van der Waals surface area contributed by atoms with E-state index in [9.17, 15) is 4.79 Å². The number of benzene rings is 1. The topological polar surface area (TPSA) is 71.1 Å². The first kappa shape index (κ1) is 17.5. The number of rotatable bonds is 3. The number of nitrogens with zero attached hydrogens (tertiary/aromatic N) is 3. The monoisotopic (exact) mass is 396 g/mol. The van der Waals surface area contributed by atoms with Crippen molar-refractivity contribution in [3.8, 4) is 0 Å². The molecule has 6 nitrogen and oxygen atoms in total. The maximum Gasteiger partial charge on any atom is 0.414 e. The second-order valence-electron chi connectivity index (χ2n) is 7.59. The number of nitrogens with one attached hydrogen (secondary N) is 1. The van der Waals surface area contributed by atoms with Crippen LogP contribution in [0.3, 0.4) is 0 Å². The molecule has 5 rings (SSSR count). The van der Waals surface area contributed by atoms with Crippen molar-refractivity contribution >= 4 is 34.5 Å². The molecular weight excluding hydrogens is 376 g/mol. The second kappa shape index (κ2) is 6.78. The van der Waals surface area contributed by atoms with E-state index in [2.05, 4.69) is 34.0 Å². The van der Waals surface area contributed by atoms with Crippen LogP contribution >= 0.6 is 11.6 Å². The average Bonchev–Trinajstić information content (AvgIpc) is 3.41. The van der Waals surface area contributed by atoms with Gasteiger partial charge in [-0.2, -0.15) is 0 Å². The van der Waals surface area contributed by atoms with Crippen molar-refractivity contribution in [1.29, 1.82) is 0 Å². The highest BCUT2D eigenvalue weighted by atomic mass is 35.5. The largest absolute Gasteiger partial charge is 0.446 e. The van der Waals surface area contributed by atoms with Crippen LogP contribution in [0.15, 0.2) is 30.5 Å². The minimum atomic E-state index is -0.218. The minimum absolute atomic E-state index is 0.0760. The zero-order valence-corrected chi connectivity index (χ0v) is 16.4. The molecule has 0 saturated heterocycles. The van der Waals surface area contributed by atoms with Gasteiger partial charge in [0, 0.05) is 18.7 Å². The quantitative estimate of drug-likeness (QED) is 0.689. The molecule has 1 atom stereocenters. The van der Waals surface area contributed by atoms with Gasteiger partial charge in [0.2, 0.25) is 0 Å². The van der Waals surface area contributed by atoms with Crippen LogP contribution in [-0.4, -0.2) is 33.7 Å². The van der Waals surface area contributed by atoms with Crippen LogP contribution < -0.4 is 4.90 Å². The smallest absolute Gasteiger partial charge is 0.414 e. The summed E-state index contributed by atoms with van der Waals surface area (Å²) in [6.07, 6.45) is 5.38. The van der Waals surface area contributed by atoms with Gasteiger partial charge in [-0.1, -0.05) is 30.7 Å². The lowest BCUT2D eigenvalue weighted by atomic mass is 9.93. The highest BCUT2D eigenvalue weighted by Gasteiger charge is 2.31. The van der Waals surface area contributed by atoms with Crippen molar-refractivity contribution in [3.05, 3.63) is 52.4 Å². The van der Waals surface area contributed by atoms with Gasteiger partial charge in [0.1, 0.15) is 11.9 Å². The van der Waals surface area contributed by atoms with Crippen molar-refractivity contribution in [3.63, 3.8) is 0 Å². The van der Waals surface area contributed by atoms with E-state index < -0.39 is 0 Å². The van der Waals surface area contributed by atoms with Crippen LogP contribution in [-0.2, 0) is 11.2 Å². The highest BCUT2D eigenvalue weighted by Crippen LogP contribution is 2.34. The van der Waals surface area contributed by atoms with Gasteiger partial charge in [-0.15, -0.1) is 0 Å². The van der Waals surface area contributed by atoms with Crippen molar-refractivity contribution in [2.75, 3.05) is 11.4 Å². The molecule has 144 valence electrons. The van der Waals surface area contributed by atoms with E-state index in [1.54, 1.807) is 11.1 Å². The Balaban J connectivity index is 1.43. The van der Waals surface area contributed by atoms with Gasteiger partial charge in [0.25, 0.3) is 0 Å². The van der Waals surface area contributed by atoms with Gasteiger partial charge in [-0.25, -0.2) is 14.8 Å². The molecule has 7 heteroatoms. The highest BCUT2D eigenvalue weighted by molar-refractivity contribution is 6.31. The first-order valence-corrected chi connectivity index (χ1v) is 10.1. The van der Waals surface area contributed by atoms with Gasteiger partial charge in [-0.3, -0.25) is 4.90 Å². The third kappa shape index (κ3) is 3.22. The van der Waals surface area contributed by atoms with Crippen LogP contribution in [0.5, 0.6) is 0 Å². The molecule has 1 amide bonds. The molecule has 1 N–H and O–H groups in total. The number of carbonyl (C=O) groups is 1. The number of hydrogen-bond acceptors (Lipinski definition) is 4. The number of carbonyl (C=O) groups excluding carboxylic acids is 1. The lowest BCUT2D eigenvalue weighted by Crippen LogP contribution is -2.36. The molecule has 28 heavy (non-hydrogen) atoms. The van der Waals surface area contributed by atoms with E-state index in [4.69, 9.17) is 16.3 Å². The summed E-state index contributed by atoms with van der Waals surface area (Å²) >= 11 is 6.03. The van der Waals surface area contributed by atoms with Crippen molar-refractivity contribution in [1.82, 2.24) is 15.0 Å². The Bertz CT molecular complexity index is 1060. The summed E-state index contributed by atoms with van der Waals surface area (Å²) in [5, 5.41) is 0.585. The van der Waals surface area contributed by atoms with E-state index in [0.717, 1.165) is 48.3 Å². The predicted octanol–water partition coefficient (Wildman–Crippen LogP) is 4.81. The molecule has 1 aromatic carbocycles. The number of aromatic amines is 1. The number of fused-ring (bicyclic) bond motifs is 2. The van der Waals surface area contributed by atoms with E-state index >= 15 is 0 Å². The fourth-order valence-corrected chi connectivity index (χ4v) is 3.88. The van der Waals surface area contributed by atoms with Crippen LogP contribution in [0.1, 0.15) is 49.1 Å². The van der Waals surface area contributed by atoms with E-state index in [0.29, 0.717) is 17.2 Å². The number of halogens is 1. The number of ether oxygens (including phenoxy) is 1. The van der Waals surface area contributed by atoms with Crippen molar-refractivity contribution in [2.45, 2.75) is 44.6 Å². The van der Waals surface area contributed by atoms with Crippen LogP contribution in [0.4, 0.5) is 10.5 Å². The molecule has 1 saturated carbocycles. The fourth-order valence-electron chi connectivity index (χ4n) is 3.72. The SMILES string of the molecule is CC(c1ccc2c(c1)CCCN2C(=O)OC1CC1)c1nc2ncc(Cl)cc2[nH]1. The summed E-state index contributed by atoms with van der Waals surface area (Å²) in [6, 6.07) is 8.12. The molecule has 0 radical (unpaired) electrons. The van der Waals surface area contributed by atoms with Crippen molar-refractivity contribution < 1.29 is 9.53 Å². The Morgan fingerprint density at radius 2 is 2.21 bits per heavy atom. The van der Waals surface area contributed by atoms with Gasteiger partial charge < -0.3 is 9.72 Å². The van der Waals surface area contributed by atoms with Gasteiger partial charge in [0.15, 0.2) is 5.65 Å². The number of pyridine rings is 1. The van der Waals surface area contributed by atoms with Gasteiger partial charge >= 0.3 is 6.09 Å². The zero-order valence-electron chi connectivity index (χ0n) is 15.6. The van der Waals surface area contributed by atoms with Crippen molar-refractivity contribution in [2.24, 2.45) is 0 Å². The number of H-pyrrole nitrogens is 1. The Morgan fingerprint density at radius 3 is 3.04 bits per heavy atom. The maximum absolute atomic E-state index is 12.4. The molecule has 0 bridgehead atoms. The summed E-state index contributed by atoms with van der Waals surface area (Å²) in [4.78, 5) is 26.4. The molecule has 3 heterocycles. The van der Waals surface area contributed by atoms with Crippen LogP contribution in [0.2, 0.25) is 5.02 Å². The molecular formula is C21H21ClN4O2. The fraction of sp³-hybridized carbons (Fsp3) is 0.381. The molecule has 1 fully saturated rings. The molecule has 0 spiro atoms. The minimum Gasteiger partial charge on any atom is -0.446 e. The Hall–Kier alpha value is -2.60. The first-order valence-electron chi connectivity index (χ1n) is 9.70. The normalized spacial score (nSPS) is 17.4. The lowest BCUT2D eigenvalue weighted by Gasteiger charge is -2.29. The Labute approximate surface area is 167 Å². The summed E-state index contributed by atoms with van der Waals surface area (Å²) in [5.41, 5.74) is 4.80. The standard InChI is InChI=1S/C21H21ClN4O2/c1-12(19-24-17-10-15(22)11-23-20(17)25-19)13-4-7-18-14(9-13)3-2-8-26(18)21(27)28-16-5-6-16/h4,7,9-12,16H,2-3,5-6,8H2,1H3,(H,23,24,25). The van der Waals surface area contributed by atoms with Gasteiger partial charge in [0.05, 0.1) is 16.2 Å². The summed E-state index contributed by atoms with van der Waals surface area (Å²) < 4.78 is 5.50. The van der Waals surface area contributed by atoms with E-state index in [1.807, 2.05) is 12.1 Å². The second-order valence-corrected chi connectivity index (χ2v) is 8.03. The first-order chi connectivity index (χ1) is 13.6. The Kier molecular flexibility index (Phi) is 4.23. The summed E-state index contributed by atoms with van der Waals surface area (Å²) in [7, 11) is 0. The number of imidazole rings is 1. The molecule has 1 aliphatic carbocycles. The molecule has 3 aromatic rings. The summed E-state index contributed by atoms with van der Waals surface area (Å²) in [6.45, 7) is 2.83. The Morgan fingerprint density at radius 1 is 1.36 bits per heavy atom. The number of anilines is 1. The van der Waals surface area contributed by atoms with E-state index in [1.165, 1.54) is 5.56 Å². The van der Waals surface area contributed by atoms with E-state index in [-0.39, 0.29) is 18.1 Å². The number of hydrogen-bond donors (Lipinski definition) is 1. The number of aromatic nitrogens is 3. The third-order valence-corrected chi connectivity index (χ3v) is 5.67. The molecule has 2 aromatic heterocycles. The maximum atomic E-state index is 12.4. The van der Waals surface area contributed by atoms with Gasteiger partial charge in [-0.05, 0) is 48.9 Å². The van der Waals surface area contributed by atoms with Crippen LogP contribution in [0.25, 0.3) is 11.2 Å². The predicted molar refractivity (Wildman–Crippen MR) is 108 cm³/mol. The molecule has 1 unspecified atom stereocenters. The molecule has 2 aliphatic rings. The van der Waals surface area contributed by atoms with Crippen LogP contribution in [0, 0.1) is 0 Å². The number of aryl methyl sites for hydroxylation is 1. The number of amides is 1. The summed E-state index contributed by atoms with van der Waals surface area (Å²) in [5.74, 6) is 0.928. The lowest BCUT2D eigenvalue weighted by molar-refractivity contribution is 0.146.